The van der Waals surface area contributed by atoms with Crippen LogP contribution in [0.5, 0.6) is 0 Å². The number of carbonyl (C=O) groups is 1. The third kappa shape index (κ3) is 4.99. The Hall–Kier alpha value is -0.220. The van der Waals surface area contributed by atoms with Gasteiger partial charge in [-0.2, -0.15) is 11.8 Å². The molecule has 19 heavy (non-hydrogen) atoms. The number of amides is 1. The standard InChI is InChI=1S/C15H30N2OS/c1-5-7-9-13-15(18)17(11-10-12(3)19-4)14(16-13)8-6-2/h12-14,16H,5-11H2,1-4H3. The van der Waals surface area contributed by atoms with Gasteiger partial charge in [-0.15, -0.1) is 0 Å². The lowest BCUT2D eigenvalue weighted by molar-refractivity contribution is -0.130. The van der Waals surface area contributed by atoms with Crippen LogP contribution in [0.4, 0.5) is 0 Å². The molecule has 1 rings (SSSR count). The van der Waals surface area contributed by atoms with E-state index in [2.05, 4.69) is 37.2 Å². The SMILES string of the molecule is CCCCC1NC(CCC)N(CCC(C)SC)C1=O. The molecule has 0 spiro atoms. The van der Waals surface area contributed by atoms with Gasteiger partial charge in [0.05, 0.1) is 12.2 Å². The molecule has 0 saturated carbocycles. The summed E-state index contributed by atoms with van der Waals surface area (Å²) in [6.45, 7) is 7.51. The number of hydrogen-bond donors (Lipinski definition) is 1. The molecule has 112 valence electrons. The summed E-state index contributed by atoms with van der Waals surface area (Å²) in [6, 6.07) is 0.0704. The van der Waals surface area contributed by atoms with Gasteiger partial charge in [-0.05, 0) is 25.5 Å². The molecule has 0 radical (unpaired) electrons. The lowest BCUT2D eigenvalue weighted by atomic mass is 10.1. The second-order valence-corrected chi connectivity index (χ2v) is 6.81. The average molecular weight is 286 g/mol. The van der Waals surface area contributed by atoms with Crippen LogP contribution in [0, 0.1) is 0 Å². The van der Waals surface area contributed by atoms with Crippen LogP contribution < -0.4 is 5.32 Å². The molecule has 1 N–H and O–H groups in total. The minimum Gasteiger partial charge on any atom is -0.326 e. The Morgan fingerprint density at radius 1 is 1.32 bits per heavy atom. The maximum absolute atomic E-state index is 12.5. The number of nitrogens with zero attached hydrogens (tertiary/aromatic N) is 1. The number of carbonyl (C=O) groups excluding carboxylic acids is 1. The van der Waals surface area contributed by atoms with Crippen LogP contribution in [-0.4, -0.2) is 41.1 Å². The van der Waals surface area contributed by atoms with Crippen LogP contribution in [0.3, 0.4) is 0 Å². The Balaban J connectivity index is 2.55. The summed E-state index contributed by atoms with van der Waals surface area (Å²) in [7, 11) is 0. The molecule has 0 aromatic rings. The molecule has 1 amide bonds. The summed E-state index contributed by atoms with van der Waals surface area (Å²) in [5.41, 5.74) is 0. The molecule has 3 unspecified atom stereocenters. The first kappa shape index (κ1) is 16.8. The van der Waals surface area contributed by atoms with Crippen molar-refractivity contribution in [1.29, 1.82) is 0 Å². The molecule has 0 bridgehead atoms. The van der Waals surface area contributed by atoms with E-state index in [1.165, 1.54) is 0 Å². The Labute approximate surface area is 122 Å². The summed E-state index contributed by atoms with van der Waals surface area (Å²) in [5.74, 6) is 0.334. The van der Waals surface area contributed by atoms with E-state index in [4.69, 9.17) is 0 Å². The predicted molar refractivity (Wildman–Crippen MR) is 84.5 cm³/mol. The molecular weight excluding hydrogens is 256 g/mol. The van der Waals surface area contributed by atoms with E-state index in [9.17, 15) is 4.79 Å². The summed E-state index contributed by atoms with van der Waals surface area (Å²) in [6.07, 6.45) is 8.99. The second kappa shape index (κ2) is 8.85. The quantitative estimate of drug-likeness (QED) is 0.706. The number of thioether (sulfide) groups is 1. The van der Waals surface area contributed by atoms with Crippen molar-refractivity contribution in [1.82, 2.24) is 10.2 Å². The van der Waals surface area contributed by atoms with Gasteiger partial charge in [0, 0.05) is 11.8 Å². The maximum atomic E-state index is 12.5. The van der Waals surface area contributed by atoms with E-state index in [1.54, 1.807) is 0 Å². The van der Waals surface area contributed by atoms with Gasteiger partial charge >= 0.3 is 0 Å². The zero-order chi connectivity index (χ0) is 14.3. The van der Waals surface area contributed by atoms with Gasteiger partial charge in [0.2, 0.25) is 5.91 Å². The van der Waals surface area contributed by atoms with Crippen molar-refractivity contribution in [2.75, 3.05) is 12.8 Å². The number of hydrogen-bond acceptors (Lipinski definition) is 3. The molecule has 1 heterocycles. The van der Waals surface area contributed by atoms with Crippen molar-refractivity contribution in [3.63, 3.8) is 0 Å². The summed E-state index contributed by atoms with van der Waals surface area (Å²) < 4.78 is 0. The van der Waals surface area contributed by atoms with E-state index in [-0.39, 0.29) is 12.2 Å². The van der Waals surface area contributed by atoms with E-state index in [0.717, 1.165) is 45.1 Å². The Morgan fingerprint density at radius 3 is 2.63 bits per heavy atom. The molecule has 4 heteroatoms. The minimum atomic E-state index is 0.0704. The molecular formula is C15H30N2OS. The summed E-state index contributed by atoms with van der Waals surface area (Å²) in [4.78, 5) is 14.5. The van der Waals surface area contributed by atoms with Gasteiger partial charge in [0.1, 0.15) is 0 Å². The summed E-state index contributed by atoms with van der Waals surface area (Å²) >= 11 is 1.88. The average Bonchev–Trinajstić information content (AvgIpc) is 2.70. The summed E-state index contributed by atoms with van der Waals surface area (Å²) in [5, 5.41) is 4.17. The largest absolute Gasteiger partial charge is 0.326 e. The third-order valence-corrected chi connectivity index (χ3v) is 4.98. The first-order valence-corrected chi connectivity index (χ1v) is 9.02. The molecule has 1 saturated heterocycles. The van der Waals surface area contributed by atoms with E-state index in [1.807, 2.05) is 11.8 Å². The highest BCUT2D eigenvalue weighted by Crippen LogP contribution is 2.20. The zero-order valence-corrected chi connectivity index (χ0v) is 13.8. The van der Waals surface area contributed by atoms with Crippen LogP contribution in [0.15, 0.2) is 0 Å². The fraction of sp³-hybridized carbons (Fsp3) is 0.933. The molecule has 1 fully saturated rings. The predicted octanol–water partition coefficient (Wildman–Crippen LogP) is 3.24. The lowest BCUT2D eigenvalue weighted by Crippen LogP contribution is -2.38. The highest BCUT2D eigenvalue weighted by Gasteiger charge is 2.37. The van der Waals surface area contributed by atoms with Crippen molar-refractivity contribution >= 4 is 17.7 Å². The maximum Gasteiger partial charge on any atom is 0.241 e. The van der Waals surface area contributed by atoms with Gasteiger partial charge in [-0.25, -0.2) is 0 Å². The molecule has 1 aliphatic heterocycles. The van der Waals surface area contributed by atoms with Crippen molar-refractivity contribution in [3.05, 3.63) is 0 Å². The third-order valence-electron chi connectivity index (χ3n) is 3.94. The topological polar surface area (TPSA) is 32.3 Å². The first-order valence-electron chi connectivity index (χ1n) is 7.73. The van der Waals surface area contributed by atoms with E-state index >= 15 is 0 Å². The van der Waals surface area contributed by atoms with Crippen molar-refractivity contribution in [2.45, 2.75) is 76.8 Å². The van der Waals surface area contributed by atoms with E-state index < -0.39 is 0 Å². The highest BCUT2D eigenvalue weighted by molar-refractivity contribution is 7.99. The number of rotatable bonds is 9. The van der Waals surface area contributed by atoms with Gasteiger partial charge in [0.15, 0.2) is 0 Å². The van der Waals surface area contributed by atoms with Crippen molar-refractivity contribution in [2.24, 2.45) is 0 Å². The van der Waals surface area contributed by atoms with Gasteiger partial charge in [0.25, 0.3) is 0 Å². The number of nitrogens with one attached hydrogen (secondary N) is 1. The van der Waals surface area contributed by atoms with Crippen LogP contribution >= 0.6 is 11.8 Å². The Morgan fingerprint density at radius 2 is 2.05 bits per heavy atom. The van der Waals surface area contributed by atoms with Crippen molar-refractivity contribution < 1.29 is 4.79 Å². The molecule has 3 atom stereocenters. The van der Waals surface area contributed by atoms with Gasteiger partial charge in [-0.1, -0.05) is 40.0 Å². The van der Waals surface area contributed by atoms with Crippen LogP contribution in [-0.2, 0) is 4.79 Å². The fourth-order valence-corrected chi connectivity index (χ4v) is 2.92. The zero-order valence-electron chi connectivity index (χ0n) is 12.9. The number of unbranched alkanes of at least 4 members (excludes halogenated alkanes) is 1. The highest BCUT2D eigenvalue weighted by atomic mass is 32.2. The van der Waals surface area contributed by atoms with Crippen molar-refractivity contribution in [3.8, 4) is 0 Å². The first-order chi connectivity index (χ1) is 9.13. The molecule has 0 aliphatic carbocycles. The van der Waals surface area contributed by atoms with Crippen LogP contribution in [0.1, 0.15) is 59.3 Å². The molecule has 0 aromatic carbocycles. The monoisotopic (exact) mass is 286 g/mol. The van der Waals surface area contributed by atoms with Gasteiger partial charge in [-0.3, -0.25) is 10.1 Å². The minimum absolute atomic E-state index is 0.0704. The second-order valence-electron chi connectivity index (χ2n) is 5.53. The normalized spacial score (nSPS) is 25.1. The van der Waals surface area contributed by atoms with Gasteiger partial charge < -0.3 is 4.90 Å². The Kier molecular flexibility index (Phi) is 7.84. The Bertz CT molecular complexity index is 273. The molecule has 1 aliphatic rings. The lowest BCUT2D eigenvalue weighted by Gasteiger charge is -2.25. The van der Waals surface area contributed by atoms with Crippen LogP contribution in [0.25, 0.3) is 0 Å². The van der Waals surface area contributed by atoms with Crippen LogP contribution in [0.2, 0.25) is 0 Å². The smallest absolute Gasteiger partial charge is 0.241 e. The molecule has 3 nitrogen and oxygen atoms in total. The fourth-order valence-electron chi connectivity index (χ4n) is 2.58. The molecule has 0 aromatic heterocycles. The van der Waals surface area contributed by atoms with E-state index in [0.29, 0.717) is 11.2 Å².